The van der Waals surface area contributed by atoms with Crippen LogP contribution in [0, 0.1) is 6.92 Å². The Balaban J connectivity index is 2.19. The number of aryl methyl sites for hydroxylation is 1. The second-order valence-electron chi connectivity index (χ2n) is 4.47. The molecule has 0 saturated heterocycles. The van der Waals surface area contributed by atoms with Crippen molar-refractivity contribution in [1.29, 1.82) is 0 Å². The molecule has 1 heterocycles. The topological polar surface area (TPSA) is 60.5 Å². The molecule has 2 rings (SSSR count). The van der Waals surface area contributed by atoms with Gasteiger partial charge in [-0.05, 0) is 49.7 Å². The van der Waals surface area contributed by atoms with Crippen molar-refractivity contribution in [3.05, 3.63) is 47.7 Å². The summed E-state index contributed by atoms with van der Waals surface area (Å²) in [4.78, 5) is 16.3. The van der Waals surface area contributed by atoms with Gasteiger partial charge in [-0.15, -0.1) is 0 Å². The van der Waals surface area contributed by atoms with Crippen LogP contribution in [0.5, 0.6) is 11.5 Å². The van der Waals surface area contributed by atoms with Crippen molar-refractivity contribution in [3.63, 3.8) is 0 Å². The Morgan fingerprint density at radius 2 is 2.05 bits per heavy atom. The molecule has 5 heteroatoms. The molecule has 0 radical (unpaired) electrons. The molecule has 110 valence electrons. The summed E-state index contributed by atoms with van der Waals surface area (Å²) in [6.07, 6.45) is 1.66. The lowest BCUT2D eigenvalue weighted by Crippen LogP contribution is -2.13. The van der Waals surface area contributed by atoms with Gasteiger partial charge in [-0.2, -0.15) is 0 Å². The fourth-order valence-corrected chi connectivity index (χ4v) is 1.88. The lowest BCUT2D eigenvalue weighted by molar-refractivity contribution is 0.102. The minimum atomic E-state index is -0.241. The number of methoxy groups -OCH3 is 1. The molecular formula is C16H18N2O3. The van der Waals surface area contributed by atoms with Gasteiger partial charge in [-0.25, -0.2) is 4.98 Å². The number of anilines is 1. The Hall–Kier alpha value is -2.56. The summed E-state index contributed by atoms with van der Waals surface area (Å²) >= 11 is 0. The highest BCUT2D eigenvalue weighted by atomic mass is 16.5. The quantitative estimate of drug-likeness (QED) is 0.917. The third-order valence-corrected chi connectivity index (χ3v) is 2.88. The van der Waals surface area contributed by atoms with Crippen LogP contribution in [0.1, 0.15) is 22.8 Å². The number of carbonyl (C=O) groups excluding carboxylic acids is 1. The molecule has 0 fully saturated rings. The summed E-state index contributed by atoms with van der Waals surface area (Å²) in [6, 6.07) is 8.74. The van der Waals surface area contributed by atoms with Crippen molar-refractivity contribution >= 4 is 11.7 Å². The second kappa shape index (κ2) is 6.74. The number of aromatic nitrogens is 1. The van der Waals surface area contributed by atoms with Crippen LogP contribution in [0.3, 0.4) is 0 Å². The number of nitrogens with zero attached hydrogens (tertiary/aromatic N) is 1. The molecule has 5 nitrogen and oxygen atoms in total. The molecule has 1 N–H and O–H groups in total. The van der Waals surface area contributed by atoms with Crippen LogP contribution in [-0.4, -0.2) is 24.6 Å². The van der Waals surface area contributed by atoms with Crippen molar-refractivity contribution in [1.82, 2.24) is 4.98 Å². The van der Waals surface area contributed by atoms with E-state index in [0.717, 1.165) is 5.56 Å². The molecule has 0 atom stereocenters. The molecule has 0 spiro atoms. The highest BCUT2D eigenvalue weighted by Crippen LogP contribution is 2.28. The van der Waals surface area contributed by atoms with Crippen LogP contribution >= 0.6 is 0 Å². The van der Waals surface area contributed by atoms with E-state index in [9.17, 15) is 4.79 Å². The lowest BCUT2D eigenvalue weighted by Gasteiger charge is -2.11. The maximum atomic E-state index is 12.2. The van der Waals surface area contributed by atoms with Crippen molar-refractivity contribution in [2.45, 2.75) is 13.8 Å². The SMILES string of the molecule is CCOc1ccc(C(=O)Nc2cc(C)ccn2)cc1OC. The van der Waals surface area contributed by atoms with Gasteiger partial charge in [0.1, 0.15) is 5.82 Å². The van der Waals surface area contributed by atoms with Crippen LogP contribution in [0.25, 0.3) is 0 Å². The number of benzene rings is 1. The molecule has 0 saturated carbocycles. The van der Waals surface area contributed by atoms with Crippen LogP contribution in [-0.2, 0) is 0 Å². The van der Waals surface area contributed by atoms with E-state index in [0.29, 0.717) is 29.5 Å². The van der Waals surface area contributed by atoms with Crippen molar-refractivity contribution in [2.75, 3.05) is 19.0 Å². The van der Waals surface area contributed by atoms with E-state index < -0.39 is 0 Å². The van der Waals surface area contributed by atoms with E-state index in [4.69, 9.17) is 9.47 Å². The number of hydrogen-bond donors (Lipinski definition) is 1. The van der Waals surface area contributed by atoms with Gasteiger partial charge in [-0.3, -0.25) is 4.79 Å². The fourth-order valence-electron chi connectivity index (χ4n) is 1.88. The average molecular weight is 286 g/mol. The fraction of sp³-hybridized carbons (Fsp3) is 0.250. The molecule has 0 aliphatic carbocycles. The zero-order chi connectivity index (χ0) is 15.2. The predicted molar refractivity (Wildman–Crippen MR) is 81.1 cm³/mol. The van der Waals surface area contributed by atoms with Crippen LogP contribution in [0.15, 0.2) is 36.5 Å². The normalized spacial score (nSPS) is 10.0. The predicted octanol–water partition coefficient (Wildman–Crippen LogP) is 3.05. The molecule has 21 heavy (non-hydrogen) atoms. The molecule has 1 aromatic heterocycles. The summed E-state index contributed by atoms with van der Waals surface area (Å²) in [5, 5.41) is 2.76. The Labute approximate surface area is 123 Å². The highest BCUT2D eigenvalue weighted by molar-refractivity contribution is 6.04. The van der Waals surface area contributed by atoms with E-state index >= 15 is 0 Å². The first kappa shape index (κ1) is 14.8. The molecular weight excluding hydrogens is 268 g/mol. The van der Waals surface area contributed by atoms with Gasteiger partial charge in [-0.1, -0.05) is 0 Å². The van der Waals surface area contributed by atoms with Gasteiger partial charge in [0.2, 0.25) is 0 Å². The maximum Gasteiger partial charge on any atom is 0.256 e. The minimum Gasteiger partial charge on any atom is -0.493 e. The standard InChI is InChI=1S/C16H18N2O3/c1-4-21-13-6-5-12(10-14(13)20-3)16(19)18-15-9-11(2)7-8-17-15/h5-10H,4H2,1-3H3,(H,17,18,19). The smallest absolute Gasteiger partial charge is 0.256 e. The zero-order valence-corrected chi connectivity index (χ0v) is 12.3. The number of hydrogen-bond acceptors (Lipinski definition) is 4. The number of ether oxygens (including phenoxy) is 2. The number of rotatable bonds is 5. The number of amides is 1. The number of nitrogens with one attached hydrogen (secondary N) is 1. The van der Waals surface area contributed by atoms with E-state index in [2.05, 4.69) is 10.3 Å². The van der Waals surface area contributed by atoms with Crippen molar-refractivity contribution in [2.24, 2.45) is 0 Å². The first-order valence-corrected chi connectivity index (χ1v) is 6.69. The first-order valence-electron chi connectivity index (χ1n) is 6.69. The zero-order valence-electron chi connectivity index (χ0n) is 12.3. The second-order valence-corrected chi connectivity index (χ2v) is 4.47. The third-order valence-electron chi connectivity index (χ3n) is 2.88. The summed E-state index contributed by atoms with van der Waals surface area (Å²) in [7, 11) is 1.54. The minimum absolute atomic E-state index is 0.241. The average Bonchev–Trinajstić information content (AvgIpc) is 2.48. The van der Waals surface area contributed by atoms with E-state index in [-0.39, 0.29) is 5.91 Å². The molecule has 0 aliphatic rings. The number of pyridine rings is 1. The third kappa shape index (κ3) is 3.72. The van der Waals surface area contributed by atoms with Crippen LogP contribution in [0.4, 0.5) is 5.82 Å². The van der Waals surface area contributed by atoms with Gasteiger partial charge in [0.15, 0.2) is 11.5 Å². The van der Waals surface area contributed by atoms with Crippen LogP contribution < -0.4 is 14.8 Å². The summed E-state index contributed by atoms with van der Waals surface area (Å²) in [5.74, 6) is 1.43. The molecule has 1 aromatic carbocycles. The van der Waals surface area contributed by atoms with Gasteiger partial charge in [0.05, 0.1) is 13.7 Å². The Bertz CT molecular complexity index is 641. The van der Waals surface area contributed by atoms with Gasteiger partial charge < -0.3 is 14.8 Å². The summed E-state index contributed by atoms with van der Waals surface area (Å²) in [5.41, 5.74) is 1.52. The molecule has 1 amide bonds. The van der Waals surface area contributed by atoms with E-state index in [1.165, 1.54) is 0 Å². The Morgan fingerprint density at radius 1 is 1.24 bits per heavy atom. The Morgan fingerprint density at radius 3 is 2.71 bits per heavy atom. The van der Waals surface area contributed by atoms with E-state index in [1.54, 1.807) is 31.5 Å². The van der Waals surface area contributed by atoms with Gasteiger partial charge in [0, 0.05) is 11.8 Å². The van der Waals surface area contributed by atoms with Gasteiger partial charge >= 0.3 is 0 Å². The highest BCUT2D eigenvalue weighted by Gasteiger charge is 2.11. The van der Waals surface area contributed by atoms with E-state index in [1.807, 2.05) is 26.0 Å². The first-order chi connectivity index (χ1) is 10.1. The van der Waals surface area contributed by atoms with Crippen LogP contribution in [0.2, 0.25) is 0 Å². The Kier molecular flexibility index (Phi) is 4.77. The molecule has 0 aliphatic heterocycles. The molecule has 0 unspecified atom stereocenters. The van der Waals surface area contributed by atoms with Crippen molar-refractivity contribution < 1.29 is 14.3 Å². The monoisotopic (exact) mass is 286 g/mol. The number of carbonyl (C=O) groups is 1. The largest absolute Gasteiger partial charge is 0.493 e. The molecule has 2 aromatic rings. The van der Waals surface area contributed by atoms with Gasteiger partial charge in [0.25, 0.3) is 5.91 Å². The summed E-state index contributed by atoms with van der Waals surface area (Å²) in [6.45, 7) is 4.37. The molecule has 0 bridgehead atoms. The maximum absolute atomic E-state index is 12.2. The summed E-state index contributed by atoms with van der Waals surface area (Å²) < 4.78 is 10.7. The van der Waals surface area contributed by atoms with Crippen molar-refractivity contribution in [3.8, 4) is 11.5 Å². The lowest BCUT2D eigenvalue weighted by atomic mass is 10.2.